The van der Waals surface area contributed by atoms with E-state index in [1.54, 1.807) is 16.8 Å². The van der Waals surface area contributed by atoms with E-state index < -0.39 is 10.0 Å². The van der Waals surface area contributed by atoms with Gasteiger partial charge in [-0.15, -0.1) is 11.3 Å². The van der Waals surface area contributed by atoms with Gasteiger partial charge in [0.15, 0.2) is 5.82 Å². The summed E-state index contributed by atoms with van der Waals surface area (Å²) >= 11 is 1.19. The molecule has 4 rings (SSSR count). The number of thiophene rings is 1. The lowest BCUT2D eigenvalue weighted by Gasteiger charge is -2.34. The number of amides is 1. The Morgan fingerprint density at radius 1 is 1.09 bits per heavy atom. The van der Waals surface area contributed by atoms with Crippen LogP contribution < -0.4 is 10.2 Å². The van der Waals surface area contributed by atoms with Crippen LogP contribution >= 0.6 is 11.3 Å². The maximum absolute atomic E-state index is 13.1. The van der Waals surface area contributed by atoms with E-state index in [0.29, 0.717) is 42.8 Å². The molecule has 0 unspecified atom stereocenters. The fourth-order valence-corrected chi connectivity index (χ4v) is 6.45. The molecule has 3 aromatic rings. The van der Waals surface area contributed by atoms with Gasteiger partial charge in [-0.25, -0.2) is 23.1 Å². The third-order valence-corrected chi connectivity index (χ3v) is 8.62. The first-order valence-corrected chi connectivity index (χ1v) is 12.4. The molecule has 0 bridgehead atoms. The summed E-state index contributed by atoms with van der Waals surface area (Å²) in [5.41, 5.74) is 1.90. The van der Waals surface area contributed by atoms with Gasteiger partial charge >= 0.3 is 0 Å². The zero-order valence-corrected chi connectivity index (χ0v) is 19.8. The topological polar surface area (TPSA) is 113 Å². The van der Waals surface area contributed by atoms with Crippen molar-refractivity contribution < 1.29 is 13.2 Å². The summed E-state index contributed by atoms with van der Waals surface area (Å²) < 4.78 is 29.7. The van der Waals surface area contributed by atoms with Gasteiger partial charge in [-0.3, -0.25) is 4.79 Å². The molecule has 10 nitrogen and oxygen atoms in total. The van der Waals surface area contributed by atoms with Crippen molar-refractivity contribution in [3.05, 3.63) is 46.9 Å². The lowest BCUT2D eigenvalue weighted by atomic mass is 10.3. The Bertz CT molecular complexity index is 1230. The molecule has 3 aromatic heterocycles. The van der Waals surface area contributed by atoms with Crippen LogP contribution in [0, 0.1) is 13.8 Å². The number of nitrogens with zero attached hydrogens (tertiary/aromatic N) is 6. The van der Waals surface area contributed by atoms with Crippen LogP contribution in [0.4, 0.5) is 5.82 Å². The van der Waals surface area contributed by atoms with E-state index in [1.807, 2.05) is 26.0 Å². The predicted molar refractivity (Wildman–Crippen MR) is 121 cm³/mol. The second-order valence-corrected chi connectivity index (χ2v) is 10.9. The van der Waals surface area contributed by atoms with E-state index in [4.69, 9.17) is 0 Å². The quantitative estimate of drug-likeness (QED) is 0.575. The number of nitrogens with one attached hydrogen (secondary N) is 1. The van der Waals surface area contributed by atoms with Crippen LogP contribution in [-0.2, 0) is 21.4 Å². The number of carbonyl (C=O) groups excluding carboxylic acids is 1. The van der Waals surface area contributed by atoms with E-state index in [1.165, 1.54) is 28.9 Å². The van der Waals surface area contributed by atoms with Crippen molar-refractivity contribution in [2.75, 3.05) is 31.1 Å². The van der Waals surface area contributed by atoms with Gasteiger partial charge in [0, 0.05) is 49.7 Å². The van der Waals surface area contributed by atoms with Crippen LogP contribution in [0.15, 0.2) is 34.8 Å². The lowest BCUT2D eigenvalue weighted by molar-refractivity contribution is -0.119. The Hall–Kier alpha value is -2.83. The third-order valence-electron chi connectivity index (χ3n) is 5.17. The molecule has 170 valence electrons. The van der Waals surface area contributed by atoms with Gasteiger partial charge in [-0.05, 0) is 32.0 Å². The molecule has 0 radical (unpaired) electrons. The Kier molecular flexibility index (Phi) is 6.26. The fraction of sp³-hybridized carbons (Fsp3) is 0.400. The SMILES string of the molecule is CC(=O)NCc1ccc(S(=O)(=O)N2CCN(c3cc(-n4nc(C)cc4C)ncn3)CC2)s1. The number of aromatic nitrogens is 4. The van der Waals surface area contributed by atoms with E-state index in [9.17, 15) is 13.2 Å². The first-order valence-electron chi connectivity index (χ1n) is 10.2. The van der Waals surface area contributed by atoms with E-state index in [-0.39, 0.29) is 5.91 Å². The molecule has 1 amide bonds. The maximum Gasteiger partial charge on any atom is 0.252 e. The molecular weight excluding hydrogens is 450 g/mol. The number of hydrogen-bond acceptors (Lipinski definition) is 8. The summed E-state index contributed by atoms with van der Waals surface area (Å²) in [4.78, 5) is 22.7. The molecule has 1 aliphatic rings. The summed E-state index contributed by atoms with van der Waals surface area (Å²) in [5.74, 6) is 1.28. The van der Waals surface area contributed by atoms with Crippen LogP contribution in [0.25, 0.3) is 5.82 Å². The van der Waals surface area contributed by atoms with Crippen LogP contribution in [0.5, 0.6) is 0 Å². The number of aryl methyl sites for hydroxylation is 2. The highest BCUT2D eigenvalue weighted by Crippen LogP contribution is 2.26. The summed E-state index contributed by atoms with van der Waals surface area (Å²) in [7, 11) is -3.57. The number of rotatable bonds is 6. The van der Waals surface area contributed by atoms with Gasteiger partial charge < -0.3 is 10.2 Å². The fourth-order valence-electron chi connectivity index (χ4n) is 3.58. The predicted octanol–water partition coefficient (Wildman–Crippen LogP) is 1.49. The molecule has 32 heavy (non-hydrogen) atoms. The molecule has 0 aliphatic carbocycles. The second kappa shape index (κ2) is 8.96. The summed E-state index contributed by atoms with van der Waals surface area (Å²) in [6.07, 6.45) is 1.51. The minimum absolute atomic E-state index is 0.148. The van der Waals surface area contributed by atoms with Crippen LogP contribution in [0.1, 0.15) is 23.2 Å². The molecule has 1 aliphatic heterocycles. The Morgan fingerprint density at radius 3 is 2.47 bits per heavy atom. The molecule has 1 saturated heterocycles. The average molecular weight is 476 g/mol. The minimum Gasteiger partial charge on any atom is -0.354 e. The molecule has 0 saturated carbocycles. The number of piperazine rings is 1. The highest BCUT2D eigenvalue weighted by Gasteiger charge is 2.30. The maximum atomic E-state index is 13.1. The molecular formula is C20H25N7O3S2. The molecule has 0 atom stereocenters. The molecule has 4 heterocycles. The molecule has 0 aromatic carbocycles. The highest BCUT2D eigenvalue weighted by atomic mass is 32.2. The Balaban J connectivity index is 1.43. The van der Waals surface area contributed by atoms with E-state index in [0.717, 1.165) is 22.1 Å². The van der Waals surface area contributed by atoms with Crippen molar-refractivity contribution in [3.8, 4) is 5.82 Å². The monoisotopic (exact) mass is 475 g/mol. The van der Waals surface area contributed by atoms with Crippen LogP contribution in [0.2, 0.25) is 0 Å². The lowest BCUT2D eigenvalue weighted by Crippen LogP contribution is -2.48. The summed E-state index contributed by atoms with van der Waals surface area (Å²) in [6, 6.07) is 7.20. The smallest absolute Gasteiger partial charge is 0.252 e. The van der Waals surface area contributed by atoms with Crippen molar-refractivity contribution >= 4 is 33.1 Å². The minimum atomic E-state index is -3.57. The summed E-state index contributed by atoms with van der Waals surface area (Å²) in [5, 5.41) is 7.16. The van der Waals surface area contributed by atoms with Crippen molar-refractivity contribution in [2.45, 2.75) is 31.5 Å². The average Bonchev–Trinajstić information content (AvgIpc) is 3.39. The van der Waals surface area contributed by atoms with Gasteiger partial charge in [0.05, 0.1) is 12.2 Å². The van der Waals surface area contributed by atoms with E-state index in [2.05, 4.69) is 25.3 Å². The number of sulfonamides is 1. The second-order valence-electron chi connectivity index (χ2n) is 7.59. The first-order chi connectivity index (χ1) is 15.2. The van der Waals surface area contributed by atoms with Crippen LogP contribution in [0.3, 0.4) is 0 Å². The first kappa shape index (κ1) is 22.4. The molecule has 12 heteroatoms. The third kappa shape index (κ3) is 4.66. The molecule has 1 fully saturated rings. The molecule has 0 spiro atoms. The highest BCUT2D eigenvalue weighted by molar-refractivity contribution is 7.91. The standard InChI is InChI=1S/C20H25N7O3S2/c1-14-10-15(2)27(24-14)19-11-18(22-13-23-19)25-6-8-26(9-7-25)32(29,30)20-5-4-17(31-20)12-21-16(3)28/h4-5,10-11,13H,6-9,12H2,1-3H3,(H,21,28). The van der Waals surface area contributed by atoms with Crippen LogP contribution in [-0.4, -0.2) is 64.6 Å². The summed E-state index contributed by atoms with van der Waals surface area (Å²) in [6.45, 7) is 7.44. The van der Waals surface area contributed by atoms with Gasteiger partial charge in [-0.2, -0.15) is 9.40 Å². The Morgan fingerprint density at radius 2 is 1.81 bits per heavy atom. The van der Waals surface area contributed by atoms with Crippen molar-refractivity contribution in [3.63, 3.8) is 0 Å². The van der Waals surface area contributed by atoms with Crippen molar-refractivity contribution in [2.24, 2.45) is 0 Å². The molecule has 1 N–H and O–H groups in total. The van der Waals surface area contributed by atoms with E-state index >= 15 is 0 Å². The zero-order chi connectivity index (χ0) is 22.9. The largest absolute Gasteiger partial charge is 0.354 e. The van der Waals surface area contributed by atoms with Crippen molar-refractivity contribution in [1.29, 1.82) is 0 Å². The number of carbonyl (C=O) groups is 1. The number of anilines is 1. The van der Waals surface area contributed by atoms with Crippen molar-refractivity contribution in [1.82, 2.24) is 29.4 Å². The van der Waals surface area contributed by atoms with Gasteiger partial charge in [-0.1, -0.05) is 0 Å². The van der Waals surface area contributed by atoms with Gasteiger partial charge in [0.1, 0.15) is 16.4 Å². The number of hydrogen-bond donors (Lipinski definition) is 1. The van der Waals surface area contributed by atoms with Gasteiger partial charge in [0.25, 0.3) is 10.0 Å². The Labute approximate surface area is 191 Å². The van der Waals surface area contributed by atoms with Gasteiger partial charge in [0.2, 0.25) is 5.91 Å². The zero-order valence-electron chi connectivity index (χ0n) is 18.1. The normalized spacial score (nSPS) is 15.2.